The number of aryl methyl sites for hydroxylation is 1. The van der Waals surface area contributed by atoms with E-state index >= 15 is 0 Å². The van der Waals surface area contributed by atoms with Gasteiger partial charge in [0.15, 0.2) is 0 Å². The number of pyridine rings is 1. The minimum absolute atomic E-state index is 0.0790. The SMILES string of the molecule is Cc1ccc(CNC(=O)CC2(CN)CCC2)cn1. The van der Waals surface area contributed by atoms with Crippen molar-refractivity contribution in [2.24, 2.45) is 11.1 Å². The summed E-state index contributed by atoms with van der Waals surface area (Å²) in [7, 11) is 0. The summed E-state index contributed by atoms with van der Waals surface area (Å²) in [5.41, 5.74) is 7.85. The van der Waals surface area contributed by atoms with Crippen LogP contribution in [0.5, 0.6) is 0 Å². The summed E-state index contributed by atoms with van der Waals surface area (Å²) in [5.74, 6) is 0.0979. The number of carbonyl (C=O) groups is 1. The Morgan fingerprint density at radius 3 is 2.78 bits per heavy atom. The Labute approximate surface area is 108 Å². The van der Waals surface area contributed by atoms with Gasteiger partial charge in [0.25, 0.3) is 0 Å². The van der Waals surface area contributed by atoms with E-state index in [9.17, 15) is 4.79 Å². The fourth-order valence-corrected chi connectivity index (χ4v) is 2.34. The Bertz CT molecular complexity index is 404. The molecule has 1 amide bonds. The fraction of sp³-hybridized carbons (Fsp3) is 0.571. The molecule has 4 nitrogen and oxygen atoms in total. The van der Waals surface area contributed by atoms with Crippen LogP contribution in [0.1, 0.15) is 36.9 Å². The van der Waals surface area contributed by atoms with Gasteiger partial charge < -0.3 is 11.1 Å². The maximum Gasteiger partial charge on any atom is 0.220 e. The minimum atomic E-state index is 0.0790. The molecule has 0 aliphatic heterocycles. The van der Waals surface area contributed by atoms with E-state index < -0.39 is 0 Å². The Hall–Kier alpha value is -1.42. The second-order valence-corrected chi connectivity index (χ2v) is 5.32. The molecule has 1 aliphatic rings. The molecule has 0 bridgehead atoms. The highest BCUT2D eigenvalue weighted by molar-refractivity contribution is 5.76. The molecular formula is C14H21N3O. The molecule has 0 saturated heterocycles. The summed E-state index contributed by atoms with van der Waals surface area (Å²) < 4.78 is 0. The second kappa shape index (κ2) is 5.48. The molecule has 2 rings (SSSR count). The van der Waals surface area contributed by atoms with Crippen LogP contribution in [0.3, 0.4) is 0 Å². The van der Waals surface area contributed by atoms with E-state index in [4.69, 9.17) is 5.73 Å². The number of nitrogens with one attached hydrogen (secondary N) is 1. The van der Waals surface area contributed by atoms with Gasteiger partial charge in [-0.25, -0.2) is 0 Å². The molecule has 1 fully saturated rings. The van der Waals surface area contributed by atoms with Gasteiger partial charge >= 0.3 is 0 Å². The highest BCUT2D eigenvalue weighted by Gasteiger charge is 2.37. The predicted molar refractivity (Wildman–Crippen MR) is 70.8 cm³/mol. The lowest BCUT2D eigenvalue weighted by Crippen LogP contribution is -2.41. The Morgan fingerprint density at radius 2 is 2.28 bits per heavy atom. The zero-order chi connectivity index (χ0) is 13.0. The number of hydrogen-bond acceptors (Lipinski definition) is 3. The molecule has 98 valence electrons. The van der Waals surface area contributed by atoms with Crippen molar-refractivity contribution in [1.29, 1.82) is 0 Å². The number of aromatic nitrogens is 1. The first-order valence-electron chi connectivity index (χ1n) is 6.52. The van der Waals surface area contributed by atoms with Gasteiger partial charge in [0.1, 0.15) is 0 Å². The van der Waals surface area contributed by atoms with Crippen molar-refractivity contribution in [3.63, 3.8) is 0 Å². The monoisotopic (exact) mass is 247 g/mol. The van der Waals surface area contributed by atoms with Gasteiger partial charge in [-0.05, 0) is 43.4 Å². The van der Waals surface area contributed by atoms with Crippen molar-refractivity contribution in [3.05, 3.63) is 29.6 Å². The lowest BCUT2D eigenvalue weighted by molar-refractivity contribution is -0.124. The molecule has 0 unspecified atom stereocenters. The van der Waals surface area contributed by atoms with Crippen molar-refractivity contribution in [2.45, 2.75) is 39.2 Å². The maximum atomic E-state index is 11.9. The van der Waals surface area contributed by atoms with Gasteiger partial charge in [-0.3, -0.25) is 9.78 Å². The lowest BCUT2D eigenvalue weighted by Gasteiger charge is -2.40. The van der Waals surface area contributed by atoms with Crippen LogP contribution in [-0.4, -0.2) is 17.4 Å². The van der Waals surface area contributed by atoms with E-state index in [1.165, 1.54) is 6.42 Å². The van der Waals surface area contributed by atoms with Crippen molar-refractivity contribution in [2.75, 3.05) is 6.54 Å². The molecule has 0 spiro atoms. The molecule has 0 radical (unpaired) electrons. The zero-order valence-electron chi connectivity index (χ0n) is 10.9. The van der Waals surface area contributed by atoms with E-state index in [0.29, 0.717) is 19.5 Å². The maximum absolute atomic E-state index is 11.9. The van der Waals surface area contributed by atoms with Crippen LogP contribution in [0.15, 0.2) is 18.3 Å². The highest BCUT2D eigenvalue weighted by Crippen LogP contribution is 2.42. The third kappa shape index (κ3) is 3.07. The van der Waals surface area contributed by atoms with E-state index in [2.05, 4.69) is 10.3 Å². The molecule has 18 heavy (non-hydrogen) atoms. The third-order valence-corrected chi connectivity index (χ3v) is 3.85. The van der Waals surface area contributed by atoms with E-state index in [1.807, 2.05) is 19.1 Å². The summed E-state index contributed by atoms with van der Waals surface area (Å²) in [6.07, 6.45) is 5.73. The van der Waals surface area contributed by atoms with Crippen molar-refractivity contribution in [1.82, 2.24) is 10.3 Å². The summed E-state index contributed by atoms with van der Waals surface area (Å²) in [4.78, 5) is 16.1. The zero-order valence-corrected chi connectivity index (χ0v) is 10.9. The number of amides is 1. The molecule has 4 heteroatoms. The fourth-order valence-electron chi connectivity index (χ4n) is 2.34. The Morgan fingerprint density at radius 1 is 1.50 bits per heavy atom. The van der Waals surface area contributed by atoms with Gasteiger partial charge in [0.05, 0.1) is 0 Å². The standard InChI is InChI=1S/C14H21N3O/c1-11-3-4-12(8-16-11)9-17-13(18)7-14(10-15)5-2-6-14/h3-4,8H,2,5-7,9-10,15H2,1H3,(H,17,18). The molecule has 1 heterocycles. The normalized spacial score (nSPS) is 17.0. The molecule has 1 aromatic heterocycles. The first kappa shape index (κ1) is 13.0. The predicted octanol–water partition coefficient (Wildman–Crippen LogP) is 1.53. The average Bonchev–Trinajstić information content (AvgIpc) is 2.33. The van der Waals surface area contributed by atoms with Crippen LogP contribution in [0.25, 0.3) is 0 Å². The molecule has 0 atom stereocenters. The van der Waals surface area contributed by atoms with E-state index in [0.717, 1.165) is 24.1 Å². The smallest absolute Gasteiger partial charge is 0.220 e. The first-order valence-corrected chi connectivity index (χ1v) is 6.52. The van der Waals surface area contributed by atoms with Crippen LogP contribution in [0.4, 0.5) is 0 Å². The summed E-state index contributed by atoms with van der Waals surface area (Å²) >= 11 is 0. The highest BCUT2D eigenvalue weighted by atomic mass is 16.1. The van der Waals surface area contributed by atoms with E-state index in [-0.39, 0.29) is 11.3 Å². The topological polar surface area (TPSA) is 68.0 Å². The van der Waals surface area contributed by atoms with E-state index in [1.54, 1.807) is 6.20 Å². The first-order chi connectivity index (χ1) is 8.63. The molecule has 1 saturated carbocycles. The van der Waals surface area contributed by atoms with Gasteiger partial charge in [0, 0.05) is 24.9 Å². The van der Waals surface area contributed by atoms with Crippen LogP contribution >= 0.6 is 0 Å². The number of hydrogen-bond donors (Lipinski definition) is 2. The molecule has 1 aromatic rings. The van der Waals surface area contributed by atoms with Gasteiger partial charge in [-0.1, -0.05) is 12.5 Å². The van der Waals surface area contributed by atoms with Gasteiger partial charge in [0.2, 0.25) is 5.91 Å². The number of nitrogens with two attached hydrogens (primary N) is 1. The Balaban J connectivity index is 1.79. The second-order valence-electron chi connectivity index (χ2n) is 5.32. The number of nitrogens with zero attached hydrogens (tertiary/aromatic N) is 1. The average molecular weight is 247 g/mol. The quantitative estimate of drug-likeness (QED) is 0.829. The van der Waals surface area contributed by atoms with Crippen LogP contribution in [0.2, 0.25) is 0 Å². The summed E-state index contributed by atoms with van der Waals surface area (Å²) in [6, 6.07) is 3.94. The van der Waals surface area contributed by atoms with Crippen molar-refractivity contribution < 1.29 is 4.79 Å². The van der Waals surface area contributed by atoms with Crippen LogP contribution in [-0.2, 0) is 11.3 Å². The molecule has 1 aliphatic carbocycles. The van der Waals surface area contributed by atoms with Gasteiger partial charge in [-0.2, -0.15) is 0 Å². The number of rotatable bonds is 5. The summed E-state index contributed by atoms with van der Waals surface area (Å²) in [5, 5.41) is 2.94. The van der Waals surface area contributed by atoms with Crippen LogP contribution in [0, 0.1) is 12.3 Å². The van der Waals surface area contributed by atoms with Crippen LogP contribution < -0.4 is 11.1 Å². The lowest BCUT2D eigenvalue weighted by atomic mass is 9.66. The van der Waals surface area contributed by atoms with Crippen molar-refractivity contribution in [3.8, 4) is 0 Å². The molecule has 3 N–H and O–H groups in total. The van der Waals surface area contributed by atoms with Crippen molar-refractivity contribution >= 4 is 5.91 Å². The van der Waals surface area contributed by atoms with Gasteiger partial charge in [-0.15, -0.1) is 0 Å². The third-order valence-electron chi connectivity index (χ3n) is 3.85. The number of carbonyl (C=O) groups excluding carboxylic acids is 1. The minimum Gasteiger partial charge on any atom is -0.352 e. The molecule has 0 aromatic carbocycles. The molecular weight excluding hydrogens is 226 g/mol. The summed E-state index contributed by atoms with van der Waals surface area (Å²) in [6.45, 7) is 3.11. The Kier molecular flexibility index (Phi) is 3.97. The largest absolute Gasteiger partial charge is 0.352 e.